The van der Waals surface area contributed by atoms with E-state index in [0.29, 0.717) is 6.42 Å². The fourth-order valence-electron chi connectivity index (χ4n) is 2.52. The summed E-state index contributed by atoms with van der Waals surface area (Å²) in [5, 5.41) is 0. The van der Waals surface area contributed by atoms with Crippen molar-refractivity contribution in [2.24, 2.45) is 0 Å². The number of rotatable bonds is 1. The Hall–Kier alpha value is -2.17. The molecule has 108 valence electrons. The van der Waals surface area contributed by atoms with E-state index in [0.717, 1.165) is 11.1 Å². The van der Waals surface area contributed by atoms with Gasteiger partial charge in [0, 0.05) is 0 Å². The van der Waals surface area contributed by atoms with Gasteiger partial charge >= 0.3 is 0 Å². The van der Waals surface area contributed by atoms with Gasteiger partial charge in [-0.2, -0.15) is 0 Å². The third-order valence-electron chi connectivity index (χ3n) is 3.58. The van der Waals surface area contributed by atoms with E-state index in [1.165, 1.54) is 6.08 Å². The maximum atomic E-state index is 13.8. The zero-order valence-electron chi connectivity index (χ0n) is 10.7. The maximum Gasteiger partial charge on any atom is 0.200 e. The van der Waals surface area contributed by atoms with Gasteiger partial charge in [0.1, 0.15) is 0 Å². The van der Waals surface area contributed by atoms with Crippen LogP contribution >= 0.6 is 0 Å². The predicted octanol–water partition coefficient (Wildman–Crippen LogP) is 4.87. The van der Waals surface area contributed by atoms with Crippen molar-refractivity contribution in [1.29, 1.82) is 0 Å². The molecule has 0 spiro atoms. The van der Waals surface area contributed by atoms with E-state index in [9.17, 15) is 22.0 Å². The van der Waals surface area contributed by atoms with Crippen LogP contribution in [0.5, 0.6) is 0 Å². The molecule has 0 unspecified atom stereocenters. The van der Waals surface area contributed by atoms with E-state index in [4.69, 9.17) is 0 Å². The first-order valence-electron chi connectivity index (χ1n) is 6.31. The van der Waals surface area contributed by atoms with Gasteiger partial charge < -0.3 is 0 Å². The van der Waals surface area contributed by atoms with Gasteiger partial charge in [0.05, 0.1) is 5.56 Å². The van der Waals surface area contributed by atoms with Crippen LogP contribution < -0.4 is 0 Å². The monoisotopic (exact) mass is 296 g/mol. The zero-order valence-corrected chi connectivity index (χ0v) is 10.7. The molecule has 2 aromatic carbocycles. The SMILES string of the molecule is Fc1c(F)c(F)c(C2=Cc3ccccc3CC2)c(F)c1F. The highest BCUT2D eigenvalue weighted by Crippen LogP contribution is 2.35. The molecule has 0 nitrogen and oxygen atoms in total. The van der Waals surface area contributed by atoms with Crippen molar-refractivity contribution in [1.82, 2.24) is 0 Å². The smallest absolute Gasteiger partial charge is 0.200 e. The Morgan fingerprint density at radius 1 is 0.667 bits per heavy atom. The summed E-state index contributed by atoms with van der Waals surface area (Å²) in [6.45, 7) is 0. The van der Waals surface area contributed by atoms with E-state index in [1.807, 2.05) is 12.1 Å². The molecule has 0 aromatic heterocycles. The Bertz CT molecular complexity index is 732. The van der Waals surface area contributed by atoms with Crippen molar-refractivity contribution in [2.45, 2.75) is 12.8 Å². The number of aryl methyl sites for hydroxylation is 1. The van der Waals surface area contributed by atoms with Crippen molar-refractivity contribution < 1.29 is 22.0 Å². The Balaban J connectivity index is 2.21. The normalized spacial score (nSPS) is 13.9. The lowest BCUT2D eigenvalue weighted by Crippen LogP contribution is -2.09. The highest BCUT2D eigenvalue weighted by atomic mass is 19.2. The van der Waals surface area contributed by atoms with Gasteiger partial charge in [-0.3, -0.25) is 0 Å². The van der Waals surface area contributed by atoms with Crippen LogP contribution in [0.3, 0.4) is 0 Å². The van der Waals surface area contributed by atoms with Crippen LogP contribution in [-0.2, 0) is 6.42 Å². The number of fused-ring (bicyclic) bond motifs is 1. The largest absolute Gasteiger partial charge is 0.203 e. The van der Waals surface area contributed by atoms with Gasteiger partial charge in [-0.25, -0.2) is 22.0 Å². The molecule has 0 saturated carbocycles. The summed E-state index contributed by atoms with van der Waals surface area (Å²) in [6, 6.07) is 7.18. The van der Waals surface area contributed by atoms with E-state index >= 15 is 0 Å². The minimum atomic E-state index is -2.13. The van der Waals surface area contributed by atoms with Crippen molar-refractivity contribution in [2.75, 3.05) is 0 Å². The molecular formula is C16H9F5. The average molecular weight is 296 g/mol. The number of halogens is 5. The van der Waals surface area contributed by atoms with Crippen LogP contribution in [0.25, 0.3) is 11.6 Å². The van der Waals surface area contributed by atoms with E-state index in [-0.39, 0.29) is 12.0 Å². The number of hydrogen-bond acceptors (Lipinski definition) is 0. The first kappa shape index (κ1) is 13.8. The quantitative estimate of drug-likeness (QED) is 0.400. The molecule has 0 aliphatic heterocycles. The van der Waals surface area contributed by atoms with Crippen molar-refractivity contribution in [3.63, 3.8) is 0 Å². The molecule has 0 amide bonds. The lowest BCUT2D eigenvalue weighted by atomic mass is 9.88. The summed E-state index contributed by atoms with van der Waals surface area (Å²) in [5.74, 6) is -9.52. The van der Waals surface area contributed by atoms with Gasteiger partial charge in [0.15, 0.2) is 23.3 Å². The second-order valence-electron chi connectivity index (χ2n) is 4.81. The Labute approximate surface area is 117 Å². The van der Waals surface area contributed by atoms with Gasteiger partial charge in [0.25, 0.3) is 0 Å². The predicted molar refractivity (Wildman–Crippen MR) is 68.9 cm³/mol. The van der Waals surface area contributed by atoms with Crippen molar-refractivity contribution >= 4 is 11.6 Å². The van der Waals surface area contributed by atoms with E-state index < -0.39 is 34.6 Å². The Morgan fingerprint density at radius 3 is 1.90 bits per heavy atom. The topological polar surface area (TPSA) is 0 Å². The number of benzene rings is 2. The molecular weight excluding hydrogens is 287 g/mol. The molecule has 3 rings (SSSR count). The van der Waals surface area contributed by atoms with Gasteiger partial charge in [-0.15, -0.1) is 0 Å². The fraction of sp³-hybridized carbons (Fsp3) is 0.125. The van der Waals surface area contributed by atoms with Crippen LogP contribution in [0, 0.1) is 29.1 Å². The molecule has 0 bridgehead atoms. The first-order chi connectivity index (χ1) is 10.0. The third-order valence-corrected chi connectivity index (χ3v) is 3.58. The van der Waals surface area contributed by atoms with Crippen LogP contribution in [0.2, 0.25) is 0 Å². The average Bonchev–Trinajstić information content (AvgIpc) is 2.51. The van der Waals surface area contributed by atoms with Crippen LogP contribution in [0.1, 0.15) is 23.1 Å². The van der Waals surface area contributed by atoms with Crippen molar-refractivity contribution in [3.8, 4) is 0 Å². The van der Waals surface area contributed by atoms with Gasteiger partial charge in [-0.1, -0.05) is 30.3 Å². The lowest BCUT2D eigenvalue weighted by molar-refractivity contribution is 0.376. The Morgan fingerprint density at radius 2 is 1.24 bits per heavy atom. The summed E-state index contributed by atoms with van der Waals surface area (Å²) < 4.78 is 67.2. The summed E-state index contributed by atoms with van der Waals surface area (Å²) >= 11 is 0. The summed E-state index contributed by atoms with van der Waals surface area (Å²) in [6.07, 6.45) is 2.17. The molecule has 0 N–H and O–H groups in total. The molecule has 1 aliphatic rings. The van der Waals surface area contributed by atoms with E-state index in [1.54, 1.807) is 12.1 Å². The summed E-state index contributed by atoms with van der Waals surface area (Å²) in [5.41, 5.74) is 0.982. The highest BCUT2D eigenvalue weighted by molar-refractivity contribution is 5.84. The molecule has 1 aliphatic carbocycles. The minimum Gasteiger partial charge on any atom is -0.203 e. The number of hydrogen-bond donors (Lipinski definition) is 0. The molecule has 21 heavy (non-hydrogen) atoms. The lowest BCUT2D eigenvalue weighted by Gasteiger charge is -2.18. The van der Waals surface area contributed by atoms with Crippen molar-refractivity contribution in [3.05, 3.63) is 70.0 Å². The van der Waals surface area contributed by atoms with Crippen LogP contribution in [0.4, 0.5) is 22.0 Å². The standard InChI is InChI=1S/C16H9F5/c17-12-11(13(18)15(20)16(21)14(12)19)10-6-5-8-3-1-2-4-9(8)7-10/h1-4,7H,5-6H2. The first-order valence-corrected chi connectivity index (χ1v) is 6.31. The zero-order chi connectivity index (χ0) is 15.1. The molecule has 2 aromatic rings. The molecule has 0 atom stereocenters. The maximum absolute atomic E-state index is 13.8. The second kappa shape index (κ2) is 4.98. The number of allylic oxidation sites excluding steroid dienone is 1. The molecule has 0 saturated heterocycles. The van der Waals surface area contributed by atoms with E-state index in [2.05, 4.69) is 0 Å². The van der Waals surface area contributed by atoms with Crippen LogP contribution in [0.15, 0.2) is 24.3 Å². The molecule has 0 radical (unpaired) electrons. The summed E-state index contributed by atoms with van der Waals surface area (Å²) in [7, 11) is 0. The molecule has 0 fully saturated rings. The Kier molecular flexibility index (Phi) is 3.27. The highest BCUT2D eigenvalue weighted by Gasteiger charge is 2.28. The van der Waals surface area contributed by atoms with Gasteiger partial charge in [0.2, 0.25) is 5.82 Å². The second-order valence-corrected chi connectivity index (χ2v) is 4.81. The summed E-state index contributed by atoms with van der Waals surface area (Å²) in [4.78, 5) is 0. The molecule has 0 heterocycles. The van der Waals surface area contributed by atoms with Crippen LogP contribution in [-0.4, -0.2) is 0 Å². The van der Waals surface area contributed by atoms with Gasteiger partial charge in [-0.05, 0) is 29.5 Å². The minimum absolute atomic E-state index is 0.113. The molecule has 5 heteroatoms. The fourth-order valence-corrected chi connectivity index (χ4v) is 2.52. The third kappa shape index (κ3) is 2.13.